The molecule has 0 spiro atoms. The van der Waals surface area contributed by atoms with Gasteiger partial charge in [0.25, 0.3) is 0 Å². The van der Waals surface area contributed by atoms with Crippen LogP contribution in [0.3, 0.4) is 0 Å². The van der Waals surface area contributed by atoms with Crippen molar-refractivity contribution in [3.63, 3.8) is 0 Å². The van der Waals surface area contributed by atoms with E-state index >= 15 is 0 Å². The molecular formula is C12H14N2O. The van der Waals surface area contributed by atoms with Gasteiger partial charge < -0.3 is 0 Å². The number of hydrogen-bond donors (Lipinski definition) is 0. The number of likely N-dealkylation sites (tertiary alicyclic amines) is 1. The Kier molecular flexibility index (Phi) is 3.28. The molecule has 0 radical (unpaired) electrons. The van der Waals surface area contributed by atoms with Crippen LogP contribution in [-0.4, -0.2) is 24.1 Å². The minimum absolute atomic E-state index is 0.749. The lowest BCUT2D eigenvalue weighted by Gasteiger charge is -2.15. The van der Waals surface area contributed by atoms with E-state index in [-0.39, 0.29) is 0 Å². The van der Waals surface area contributed by atoms with Crippen molar-refractivity contribution in [2.45, 2.75) is 19.4 Å². The number of isocyanates is 1. The van der Waals surface area contributed by atoms with Crippen molar-refractivity contribution in [3.05, 3.63) is 29.8 Å². The van der Waals surface area contributed by atoms with Crippen LogP contribution in [0.4, 0.5) is 5.69 Å². The van der Waals surface area contributed by atoms with Crippen molar-refractivity contribution in [3.8, 4) is 0 Å². The van der Waals surface area contributed by atoms with Crippen LogP contribution in [0.5, 0.6) is 0 Å². The summed E-state index contributed by atoms with van der Waals surface area (Å²) in [6.45, 7) is 3.19. The van der Waals surface area contributed by atoms with Crippen LogP contribution in [0.25, 0.3) is 0 Å². The fourth-order valence-corrected chi connectivity index (χ4v) is 1.98. The summed E-state index contributed by atoms with van der Waals surface area (Å²) in [5.74, 6) is 0. The zero-order valence-corrected chi connectivity index (χ0v) is 8.65. The van der Waals surface area contributed by atoms with Crippen molar-refractivity contribution in [1.29, 1.82) is 0 Å². The Bertz CT molecular complexity index is 377. The Hall–Kier alpha value is -1.44. The van der Waals surface area contributed by atoms with Crippen LogP contribution < -0.4 is 0 Å². The third-order valence-electron chi connectivity index (χ3n) is 2.75. The summed E-state index contributed by atoms with van der Waals surface area (Å²) in [5, 5.41) is 0. The van der Waals surface area contributed by atoms with Gasteiger partial charge in [0.05, 0.1) is 5.69 Å². The van der Waals surface area contributed by atoms with Gasteiger partial charge >= 0.3 is 0 Å². The number of rotatable bonds is 3. The molecule has 0 unspecified atom stereocenters. The number of aliphatic imine (C=N–C) groups is 1. The predicted octanol–water partition coefficient (Wildman–Crippen LogP) is 2.25. The van der Waals surface area contributed by atoms with Gasteiger partial charge in [-0.3, -0.25) is 4.90 Å². The highest BCUT2D eigenvalue weighted by Crippen LogP contribution is 2.21. The van der Waals surface area contributed by atoms with Crippen molar-refractivity contribution in [2.75, 3.05) is 13.1 Å². The molecule has 1 aromatic rings. The van der Waals surface area contributed by atoms with Crippen LogP contribution in [0.15, 0.2) is 29.3 Å². The summed E-state index contributed by atoms with van der Waals surface area (Å²) >= 11 is 0. The fourth-order valence-electron chi connectivity index (χ4n) is 1.98. The van der Waals surface area contributed by atoms with Gasteiger partial charge in [0.2, 0.25) is 6.08 Å². The molecule has 0 aliphatic carbocycles. The van der Waals surface area contributed by atoms with Gasteiger partial charge in [0.1, 0.15) is 0 Å². The zero-order valence-electron chi connectivity index (χ0n) is 8.65. The molecule has 0 N–H and O–H groups in total. The molecule has 1 aliphatic heterocycles. The normalized spacial score (nSPS) is 16.3. The van der Waals surface area contributed by atoms with E-state index in [1.807, 2.05) is 24.3 Å². The summed E-state index contributed by atoms with van der Waals surface area (Å²) in [5.41, 5.74) is 1.86. The first-order chi connectivity index (χ1) is 7.40. The number of para-hydroxylation sites is 1. The van der Waals surface area contributed by atoms with E-state index in [0.29, 0.717) is 0 Å². The first-order valence-electron chi connectivity index (χ1n) is 5.28. The van der Waals surface area contributed by atoms with Gasteiger partial charge in [0.15, 0.2) is 0 Å². The smallest absolute Gasteiger partial charge is 0.240 e. The van der Waals surface area contributed by atoms with Gasteiger partial charge in [-0.25, -0.2) is 4.79 Å². The molecule has 3 nitrogen and oxygen atoms in total. The molecule has 1 aliphatic rings. The second-order valence-corrected chi connectivity index (χ2v) is 3.82. The molecule has 0 bridgehead atoms. The summed E-state index contributed by atoms with van der Waals surface area (Å²) < 4.78 is 0. The molecule has 2 rings (SSSR count). The van der Waals surface area contributed by atoms with Crippen molar-refractivity contribution in [2.24, 2.45) is 4.99 Å². The van der Waals surface area contributed by atoms with E-state index in [1.54, 1.807) is 6.08 Å². The topological polar surface area (TPSA) is 32.7 Å². The fraction of sp³-hybridized carbons (Fsp3) is 0.417. The third-order valence-corrected chi connectivity index (χ3v) is 2.75. The quantitative estimate of drug-likeness (QED) is 0.556. The lowest BCUT2D eigenvalue weighted by Crippen LogP contribution is -2.18. The number of carbonyl (C=O) groups excluding carboxylic acids is 1. The van der Waals surface area contributed by atoms with E-state index < -0.39 is 0 Å². The maximum absolute atomic E-state index is 10.3. The maximum Gasteiger partial charge on any atom is 0.240 e. The second kappa shape index (κ2) is 4.87. The standard InChI is InChI=1S/C12H14N2O/c15-10-13-12-6-2-1-5-11(12)9-14-7-3-4-8-14/h1-2,5-6H,3-4,7-9H2. The van der Waals surface area contributed by atoms with Gasteiger partial charge in [0, 0.05) is 6.54 Å². The van der Waals surface area contributed by atoms with Crippen molar-refractivity contribution < 1.29 is 4.79 Å². The highest BCUT2D eigenvalue weighted by Gasteiger charge is 2.13. The van der Waals surface area contributed by atoms with E-state index in [9.17, 15) is 4.79 Å². The first kappa shape index (κ1) is 10.1. The van der Waals surface area contributed by atoms with Crippen LogP contribution in [0, 0.1) is 0 Å². The Labute approximate surface area is 89.4 Å². The molecule has 0 amide bonds. The maximum atomic E-state index is 10.3. The van der Waals surface area contributed by atoms with Gasteiger partial charge in [-0.1, -0.05) is 18.2 Å². The van der Waals surface area contributed by atoms with Gasteiger partial charge in [-0.05, 0) is 37.6 Å². The molecule has 0 saturated carbocycles. The molecular weight excluding hydrogens is 188 g/mol. The molecule has 1 saturated heterocycles. The number of nitrogens with zero attached hydrogens (tertiary/aromatic N) is 2. The predicted molar refractivity (Wildman–Crippen MR) is 58.7 cm³/mol. The molecule has 15 heavy (non-hydrogen) atoms. The SMILES string of the molecule is O=C=Nc1ccccc1CN1CCCC1. The monoisotopic (exact) mass is 202 g/mol. The summed E-state index contributed by atoms with van der Waals surface area (Å²) in [6, 6.07) is 7.75. The number of hydrogen-bond acceptors (Lipinski definition) is 3. The zero-order chi connectivity index (χ0) is 10.5. The van der Waals surface area contributed by atoms with Crippen LogP contribution in [0.2, 0.25) is 0 Å². The van der Waals surface area contributed by atoms with Crippen LogP contribution in [0.1, 0.15) is 18.4 Å². The Morgan fingerprint density at radius 3 is 2.73 bits per heavy atom. The minimum atomic E-state index is 0.749. The summed E-state index contributed by atoms with van der Waals surface area (Å²) in [7, 11) is 0. The highest BCUT2D eigenvalue weighted by atomic mass is 16.1. The highest BCUT2D eigenvalue weighted by molar-refractivity contribution is 5.53. The van der Waals surface area contributed by atoms with Gasteiger partial charge in [-0.15, -0.1) is 0 Å². The average Bonchev–Trinajstić information content (AvgIpc) is 2.74. The van der Waals surface area contributed by atoms with E-state index in [2.05, 4.69) is 9.89 Å². The molecule has 1 heterocycles. The van der Waals surface area contributed by atoms with Crippen molar-refractivity contribution >= 4 is 11.8 Å². The molecule has 3 heteroatoms. The molecule has 1 fully saturated rings. The van der Waals surface area contributed by atoms with Crippen LogP contribution in [-0.2, 0) is 11.3 Å². The molecule has 0 atom stereocenters. The minimum Gasteiger partial charge on any atom is -0.299 e. The molecule has 1 aromatic carbocycles. The Morgan fingerprint density at radius 2 is 2.00 bits per heavy atom. The number of benzene rings is 1. The Balaban J connectivity index is 2.15. The molecule has 0 aromatic heterocycles. The summed E-state index contributed by atoms with van der Waals surface area (Å²) in [6.07, 6.45) is 4.16. The van der Waals surface area contributed by atoms with E-state index in [0.717, 1.165) is 30.9 Å². The third kappa shape index (κ3) is 2.52. The second-order valence-electron chi connectivity index (χ2n) is 3.82. The van der Waals surface area contributed by atoms with E-state index in [1.165, 1.54) is 12.8 Å². The van der Waals surface area contributed by atoms with Gasteiger partial charge in [-0.2, -0.15) is 4.99 Å². The van der Waals surface area contributed by atoms with Crippen molar-refractivity contribution in [1.82, 2.24) is 4.90 Å². The summed E-state index contributed by atoms with van der Waals surface area (Å²) in [4.78, 5) is 16.4. The van der Waals surface area contributed by atoms with E-state index in [4.69, 9.17) is 0 Å². The molecule has 78 valence electrons. The lowest BCUT2D eigenvalue weighted by atomic mass is 10.1. The largest absolute Gasteiger partial charge is 0.299 e. The van der Waals surface area contributed by atoms with Crippen LogP contribution >= 0.6 is 0 Å². The lowest BCUT2D eigenvalue weighted by molar-refractivity contribution is 0.332. The average molecular weight is 202 g/mol. The first-order valence-corrected chi connectivity index (χ1v) is 5.28. The Morgan fingerprint density at radius 1 is 1.27 bits per heavy atom.